The fourth-order valence-corrected chi connectivity index (χ4v) is 3.90. The molecule has 1 aromatic rings. The molecule has 1 aliphatic rings. The summed E-state index contributed by atoms with van der Waals surface area (Å²) in [6.45, 7) is 12.1. The number of ether oxygens (including phenoxy) is 2. The highest BCUT2D eigenvalue weighted by Crippen LogP contribution is 2.40. The Kier molecular flexibility index (Phi) is 10.7. The number of hydrogen-bond donors (Lipinski definition) is 3. The van der Waals surface area contributed by atoms with Crippen molar-refractivity contribution in [1.82, 2.24) is 15.5 Å². The summed E-state index contributed by atoms with van der Waals surface area (Å²) in [6.07, 6.45) is 1.41. The first-order valence-corrected chi connectivity index (χ1v) is 12.5. The Balaban J connectivity index is 2.39. The summed E-state index contributed by atoms with van der Waals surface area (Å²) in [7, 11) is 0. The number of rotatable bonds is 12. The summed E-state index contributed by atoms with van der Waals surface area (Å²) in [4.78, 5) is 52.8. The number of nitrogens with zero attached hydrogens (tertiary/aromatic N) is 1. The second-order valence-corrected chi connectivity index (χ2v) is 10.0. The predicted molar refractivity (Wildman–Crippen MR) is 138 cm³/mol. The molecular weight excluding hydrogens is 478 g/mol. The zero-order valence-electron chi connectivity index (χ0n) is 22.3. The van der Waals surface area contributed by atoms with Crippen molar-refractivity contribution in [2.75, 3.05) is 19.8 Å². The molecule has 0 radical (unpaired) electrons. The molecule has 37 heavy (non-hydrogen) atoms. The first kappa shape index (κ1) is 29.8. The van der Waals surface area contributed by atoms with E-state index in [2.05, 4.69) is 17.2 Å². The number of hydrogen-bond acceptors (Lipinski definition) is 7. The summed E-state index contributed by atoms with van der Waals surface area (Å²) in [6, 6.07) is 4.39. The van der Waals surface area contributed by atoms with Crippen LogP contribution in [0, 0.1) is 5.92 Å². The number of aliphatic hydroxyl groups excluding tert-OH is 1. The minimum atomic E-state index is -1.32. The van der Waals surface area contributed by atoms with E-state index in [0.29, 0.717) is 12.0 Å². The summed E-state index contributed by atoms with van der Waals surface area (Å²) in [5.41, 5.74) is 0.487. The maximum atomic E-state index is 13.8. The van der Waals surface area contributed by atoms with E-state index < -0.39 is 48.2 Å². The van der Waals surface area contributed by atoms with Gasteiger partial charge in [-0.3, -0.25) is 14.4 Å². The van der Waals surface area contributed by atoms with Gasteiger partial charge in [0.1, 0.15) is 17.7 Å². The number of esters is 1. The van der Waals surface area contributed by atoms with Crippen LogP contribution in [0.15, 0.2) is 30.8 Å². The second kappa shape index (κ2) is 13.2. The Morgan fingerprint density at radius 3 is 2.49 bits per heavy atom. The largest absolute Gasteiger partial charge is 0.466 e. The van der Waals surface area contributed by atoms with E-state index >= 15 is 0 Å². The minimum Gasteiger partial charge on any atom is -0.466 e. The Labute approximate surface area is 218 Å². The van der Waals surface area contributed by atoms with Gasteiger partial charge in [-0.15, -0.1) is 0 Å². The van der Waals surface area contributed by atoms with Crippen LogP contribution in [0.5, 0.6) is 0 Å². The maximum Gasteiger partial charge on any atom is 0.408 e. The monoisotopic (exact) mass is 517 g/mol. The van der Waals surface area contributed by atoms with Gasteiger partial charge in [0.25, 0.3) is 0 Å². The molecule has 4 unspecified atom stereocenters. The van der Waals surface area contributed by atoms with E-state index in [1.54, 1.807) is 52.0 Å². The van der Waals surface area contributed by atoms with Crippen molar-refractivity contribution in [1.29, 1.82) is 0 Å². The molecule has 204 valence electrons. The van der Waals surface area contributed by atoms with Gasteiger partial charge in [-0.25, -0.2) is 4.79 Å². The molecule has 1 saturated carbocycles. The molecule has 2 rings (SSSR count). The van der Waals surface area contributed by atoms with Crippen molar-refractivity contribution in [3.05, 3.63) is 42.0 Å². The van der Waals surface area contributed by atoms with Crippen molar-refractivity contribution in [3.8, 4) is 0 Å². The molecule has 0 heterocycles. The third kappa shape index (κ3) is 8.89. The lowest BCUT2D eigenvalue weighted by molar-refractivity contribution is -0.145. The van der Waals surface area contributed by atoms with Gasteiger partial charge in [-0.2, -0.15) is 0 Å². The number of benzene rings is 1. The summed E-state index contributed by atoms with van der Waals surface area (Å²) in [5.74, 6) is -1.44. The van der Waals surface area contributed by atoms with Gasteiger partial charge in [0.2, 0.25) is 11.8 Å². The topological polar surface area (TPSA) is 134 Å². The maximum absolute atomic E-state index is 13.8. The zero-order valence-corrected chi connectivity index (χ0v) is 22.3. The molecule has 0 aliphatic heterocycles. The average molecular weight is 518 g/mol. The van der Waals surface area contributed by atoms with E-state index in [4.69, 9.17) is 9.47 Å². The normalized spacial score (nSPS) is 18.1. The molecule has 1 aromatic carbocycles. The SMILES string of the molecule is C=Cc1cccc(C(C(=O)NCCC(=O)OCC)N(C(=O)C(CO)NC(=O)OC(C)(C)C)C2CC2C)c1. The Hall–Kier alpha value is -3.40. The first-order chi connectivity index (χ1) is 17.4. The minimum absolute atomic E-state index is 0.0216. The number of nitrogens with one attached hydrogen (secondary N) is 2. The van der Waals surface area contributed by atoms with Crippen LogP contribution in [0.1, 0.15) is 64.6 Å². The molecular formula is C27H39N3O7. The Bertz CT molecular complexity index is 988. The predicted octanol–water partition coefficient (Wildman–Crippen LogP) is 2.56. The quantitative estimate of drug-likeness (QED) is 0.363. The van der Waals surface area contributed by atoms with Gasteiger partial charge >= 0.3 is 12.1 Å². The standard InChI is InChI=1S/C27H39N3O7/c1-7-18-10-9-11-19(15-18)23(24(33)28-13-12-22(32)36-8-2)30(21-14-17(21)3)25(34)20(16-31)29-26(35)37-27(4,5)6/h7,9-11,15,17,20-21,23,31H,1,8,12-14,16H2,2-6H3,(H,28,33)(H,29,35). The van der Waals surface area contributed by atoms with E-state index in [0.717, 1.165) is 5.56 Å². The first-order valence-electron chi connectivity index (χ1n) is 12.5. The zero-order chi connectivity index (χ0) is 27.8. The van der Waals surface area contributed by atoms with Crippen LogP contribution in [-0.2, 0) is 23.9 Å². The fraction of sp³-hybridized carbons (Fsp3) is 0.556. The average Bonchev–Trinajstić information content (AvgIpc) is 3.55. The van der Waals surface area contributed by atoms with Crippen molar-refractivity contribution < 1.29 is 33.8 Å². The van der Waals surface area contributed by atoms with E-state index in [1.165, 1.54) is 4.90 Å². The highest BCUT2D eigenvalue weighted by atomic mass is 16.6. The Morgan fingerprint density at radius 2 is 1.95 bits per heavy atom. The van der Waals surface area contributed by atoms with Crippen LogP contribution in [0.2, 0.25) is 0 Å². The van der Waals surface area contributed by atoms with Gasteiger partial charge in [-0.05, 0) is 57.2 Å². The van der Waals surface area contributed by atoms with Gasteiger partial charge in [0.05, 0.1) is 19.6 Å². The van der Waals surface area contributed by atoms with Crippen molar-refractivity contribution in [2.45, 2.75) is 71.2 Å². The van der Waals surface area contributed by atoms with E-state index in [1.807, 2.05) is 13.0 Å². The summed E-state index contributed by atoms with van der Waals surface area (Å²) < 4.78 is 10.2. The number of alkyl carbamates (subject to hydrolysis) is 1. The highest BCUT2D eigenvalue weighted by molar-refractivity contribution is 5.93. The molecule has 10 heteroatoms. The molecule has 0 aromatic heterocycles. The lowest BCUT2D eigenvalue weighted by Crippen LogP contribution is -2.55. The van der Waals surface area contributed by atoms with Crippen LogP contribution >= 0.6 is 0 Å². The molecule has 0 bridgehead atoms. The molecule has 3 N–H and O–H groups in total. The Morgan fingerprint density at radius 1 is 1.27 bits per heavy atom. The van der Waals surface area contributed by atoms with Crippen LogP contribution in [0.3, 0.4) is 0 Å². The summed E-state index contributed by atoms with van der Waals surface area (Å²) in [5, 5.41) is 15.2. The van der Waals surface area contributed by atoms with Crippen LogP contribution < -0.4 is 10.6 Å². The molecule has 1 fully saturated rings. The third-order valence-electron chi connectivity index (χ3n) is 5.77. The van der Waals surface area contributed by atoms with Crippen LogP contribution in [-0.4, -0.2) is 71.3 Å². The van der Waals surface area contributed by atoms with Gasteiger partial charge < -0.3 is 30.1 Å². The number of aliphatic hydroxyl groups is 1. The second-order valence-electron chi connectivity index (χ2n) is 10.0. The fourth-order valence-electron chi connectivity index (χ4n) is 3.90. The lowest BCUT2D eigenvalue weighted by atomic mass is 10.00. The van der Waals surface area contributed by atoms with Gasteiger partial charge in [0.15, 0.2) is 0 Å². The smallest absolute Gasteiger partial charge is 0.408 e. The van der Waals surface area contributed by atoms with Crippen molar-refractivity contribution in [3.63, 3.8) is 0 Å². The molecule has 0 spiro atoms. The van der Waals surface area contributed by atoms with Crippen molar-refractivity contribution >= 4 is 30.0 Å². The van der Waals surface area contributed by atoms with Crippen molar-refractivity contribution in [2.24, 2.45) is 5.92 Å². The molecule has 1 aliphatic carbocycles. The molecule has 3 amide bonds. The number of carbonyl (C=O) groups excluding carboxylic acids is 4. The number of amides is 3. The van der Waals surface area contributed by atoms with E-state index in [9.17, 15) is 24.3 Å². The van der Waals surface area contributed by atoms with Gasteiger partial charge in [0, 0.05) is 12.6 Å². The molecule has 10 nitrogen and oxygen atoms in total. The third-order valence-corrected chi connectivity index (χ3v) is 5.77. The van der Waals surface area contributed by atoms with Gasteiger partial charge in [-0.1, -0.05) is 37.8 Å². The lowest BCUT2D eigenvalue weighted by Gasteiger charge is -2.34. The van der Waals surface area contributed by atoms with Crippen LogP contribution in [0.25, 0.3) is 6.08 Å². The summed E-state index contributed by atoms with van der Waals surface area (Å²) >= 11 is 0. The number of carbonyl (C=O) groups is 4. The molecule has 4 atom stereocenters. The molecule has 0 saturated heterocycles. The van der Waals surface area contributed by atoms with E-state index in [-0.39, 0.29) is 31.5 Å². The van der Waals surface area contributed by atoms with Crippen LogP contribution in [0.4, 0.5) is 4.79 Å². The highest BCUT2D eigenvalue weighted by Gasteiger charge is 2.48.